The first kappa shape index (κ1) is 13.9. The molecule has 88 valence electrons. The van der Waals surface area contributed by atoms with Gasteiger partial charge < -0.3 is 9.47 Å². The number of ether oxygens (including phenoxy) is 2. The summed E-state index contributed by atoms with van der Waals surface area (Å²) in [5.74, 6) is -0.512. The molecule has 0 fully saturated rings. The average Bonchev–Trinajstić information content (AvgIpc) is 2.20. The Morgan fingerprint density at radius 2 is 2.00 bits per heavy atom. The second-order valence-electron chi connectivity index (χ2n) is 3.77. The molecule has 1 unspecified atom stereocenters. The molecule has 0 saturated carbocycles. The molecular formula is C11H20O4. The van der Waals surface area contributed by atoms with E-state index in [0.717, 1.165) is 19.3 Å². The lowest BCUT2D eigenvalue weighted by Gasteiger charge is -2.17. The molecule has 4 nitrogen and oxygen atoms in total. The fraction of sp³-hybridized carbons (Fsp3) is 0.818. The molecule has 0 aliphatic rings. The highest BCUT2D eigenvalue weighted by Crippen LogP contribution is 2.08. The maximum absolute atomic E-state index is 11.4. The first-order valence-electron chi connectivity index (χ1n) is 5.39. The summed E-state index contributed by atoms with van der Waals surface area (Å²) in [6.45, 7) is 6.38. The van der Waals surface area contributed by atoms with E-state index in [2.05, 4.69) is 11.7 Å². The maximum Gasteiger partial charge on any atom is 0.347 e. The van der Waals surface area contributed by atoms with Gasteiger partial charge in [-0.05, 0) is 6.42 Å². The van der Waals surface area contributed by atoms with Gasteiger partial charge in [-0.15, -0.1) is 0 Å². The minimum absolute atomic E-state index is 0.0612. The van der Waals surface area contributed by atoms with Gasteiger partial charge in [-0.3, -0.25) is 4.79 Å². The monoisotopic (exact) mass is 216 g/mol. The van der Waals surface area contributed by atoms with Gasteiger partial charge in [-0.2, -0.15) is 0 Å². The van der Waals surface area contributed by atoms with Crippen LogP contribution in [0.25, 0.3) is 0 Å². The predicted molar refractivity (Wildman–Crippen MR) is 56.3 cm³/mol. The van der Waals surface area contributed by atoms with Crippen LogP contribution in [0.5, 0.6) is 0 Å². The van der Waals surface area contributed by atoms with Crippen LogP contribution in [0.1, 0.15) is 40.0 Å². The van der Waals surface area contributed by atoms with Gasteiger partial charge in [0, 0.05) is 5.92 Å². The molecule has 0 aromatic carbocycles. The van der Waals surface area contributed by atoms with Crippen LogP contribution >= 0.6 is 0 Å². The van der Waals surface area contributed by atoms with Crippen molar-refractivity contribution in [1.82, 2.24) is 0 Å². The minimum atomic E-state index is -0.774. The molecule has 0 radical (unpaired) electrons. The summed E-state index contributed by atoms with van der Waals surface area (Å²) in [7, 11) is 0. The van der Waals surface area contributed by atoms with Crippen LogP contribution in [0.2, 0.25) is 0 Å². The minimum Gasteiger partial charge on any atom is -0.463 e. The molecule has 15 heavy (non-hydrogen) atoms. The van der Waals surface area contributed by atoms with E-state index in [1.54, 1.807) is 0 Å². The van der Waals surface area contributed by atoms with E-state index in [9.17, 15) is 9.59 Å². The first-order valence-corrected chi connectivity index (χ1v) is 5.39. The van der Waals surface area contributed by atoms with Crippen molar-refractivity contribution in [3.8, 4) is 0 Å². The van der Waals surface area contributed by atoms with Gasteiger partial charge in [0.2, 0.25) is 6.10 Å². The van der Waals surface area contributed by atoms with Crippen LogP contribution in [-0.2, 0) is 19.1 Å². The fourth-order valence-electron chi connectivity index (χ4n) is 1.15. The second kappa shape index (κ2) is 8.26. The largest absolute Gasteiger partial charge is 0.463 e. The molecule has 4 heteroatoms. The van der Waals surface area contributed by atoms with Crippen LogP contribution in [0.4, 0.5) is 0 Å². The molecule has 0 heterocycles. The van der Waals surface area contributed by atoms with Gasteiger partial charge in [-0.25, -0.2) is 4.79 Å². The molecule has 0 aromatic rings. The van der Waals surface area contributed by atoms with Crippen LogP contribution < -0.4 is 0 Å². The number of esters is 1. The number of carbonyl (C=O) groups is 2. The average molecular weight is 216 g/mol. The van der Waals surface area contributed by atoms with E-state index in [4.69, 9.17) is 4.74 Å². The fourth-order valence-corrected chi connectivity index (χ4v) is 1.15. The van der Waals surface area contributed by atoms with Crippen molar-refractivity contribution >= 4 is 12.4 Å². The third kappa shape index (κ3) is 6.10. The highest BCUT2D eigenvalue weighted by molar-refractivity contribution is 5.76. The molecule has 0 rings (SSSR count). The summed E-state index contributed by atoms with van der Waals surface area (Å²) in [5.41, 5.74) is 0. The molecule has 0 aromatic heterocycles. The summed E-state index contributed by atoms with van der Waals surface area (Å²) in [6.07, 6.45) is 2.20. The molecule has 0 amide bonds. The van der Waals surface area contributed by atoms with Crippen molar-refractivity contribution in [2.24, 2.45) is 5.92 Å². The van der Waals surface area contributed by atoms with Crippen LogP contribution in [0.3, 0.4) is 0 Å². The van der Waals surface area contributed by atoms with Gasteiger partial charge in [0.05, 0.1) is 6.61 Å². The normalized spacial score (nSPS) is 12.3. The molecule has 1 atom stereocenters. The second-order valence-corrected chi connectivity index (χ2v) is 3.77. The zero-order chi connectivity index (χ0) is 11.7. The van der Waals surface area contributed by atoms with Gasteiger partial charge in [0.15, 0.2) is 0 Å². The third-order valence-electron chi connectivity index (χ3n) is 2.03. The molecule has 0 aliphatic heterocycles. The Bertz CT molecular complexity index is 189. The van der Waals surface area contributed by atoms with E-state index in [1.807, 2.05) is 13.8 Å². The molecule has 0 aliphatic carbocycles. The van der Waals surface area contributed by atoms with E-state index < -0.39 is 12.1 Å². The number of unbranched alkanes of at least 4 members (excludes halogenated alkanes) is 2. The van der Waals surface area contributed by atoms with Crippen molar-refractivity contribution in [1.29, 1.82) is 0 Å². The van der Waals surface area contributed by atoms with Gasteiger partial charge in [0.1, 0.15) is 0 Å². The Hall–Kier alpha value is -1.06. The highest BCUT2D eigenvalue weighted by Gasteiger charge is 2.24. The van der Waals surface area contributed by atoms with Gasteiger partial charge in [0.25, 0.3) is 6.47 Å². The van der Waals surface area contributed by atoms with Crippen molar-refractivity contribution < 1.29 is 19.1 Å². The summed E-state index contributed by atoms with van der Waals surface area (Å²) < 4.78 is 9.66. The van der Waals surface area contributed by atoms with Crippen molar-refractivity contribution in [2.45, 2.75) is 46.1 Å². The van der Waals surface area contributed by atoms with E-state index in [-0.39, 0.29) is 12.4 Å². The standard InChI is InChI=1S/C11H20O4/c1-4-5-6-7-14-11(13)10(9(2)3)15-8-12/h8-10H,4-7H2,1-3H3. The topological polar surface area (TPSA) is 52.6 Å². The Labute approximate surface area is 90.9 Å². The number of hydrogen-bond donors (Lipinski definition) is 0. The van der Waals surface area contributed by atoms with E-state index in [1.165, 1.54) is 0 Å². The zero-order valence-electron chi connectivity index (χ0n) is 9.69. The lowest BCUT2D eigenvalue weighted by atomic mass is 10.1. The Morgan fingerprint density at radius 1 is 1.33 bits per heavy atom. The number of carbonyl (C=O) groups excluding carboxylic acids is 2. The lowest BCUT2D eigenvalue weighted by Crippen LogP contribution is -2.31. The van der Waals surface area contributed by atoms with Crippen LogP contribution in [-0.4, -0.2) is 25.2 Å². The van der Waals surface area contributed by atoms with Gasteiger partial charge in [-0.1, -0.05) is 33.6 Å². The molecule has 0 saturated heterocycles. The van der Waals surface area contributed by atoms with E-state index in [0.29, 0.717) is 6.61 Å². The first-order chi connectivity index (χ1) is 7.13. The van der Waals surface area contributed by atoms with E-state index >= 15 is 0 Å². The van der Waals surface area contributed by atoms with Crippen molar-refractivity contribution in [3.05, 3.63) is 0 Å². The Balaban J connectivity index is 3.87. The summed E-state index contributed by atoms with van der Waals surface area (Å²) in [5, 5.41) is 0. The van der Waals surface area contributed by atoms with Crippen molar-refractivity contribution in [2.75, 3.05) is 6.61 Å². The summed E-state index contributed by atoms with van der Waals surface area (Å²) in [6, 6.07) is 0. The van der Waals surface area contributed by atoms with Crippen molar-refractivity contribution in [3.63, 3.8) is 0 Å². The van der Waals surface area contributed by atoms with Crippen LogP contribution in [0, 0.1) is 5.92 Å². The lowest BCUT2D eigenvalue weighted by molar-refractivity contribution is -0.164. The third-order valence-corrected chi connectivity index (χ3v) is 2.03. The quantitative estimate of drug-likeness (QED) is 0.353. The molecule has 0 spiro atoms. The smallest absolute Gasteiger partial charge is 0.347 e. The number of hydrogen-bond acceptors (Lipinski definition) is 4. The molecule has 0 bridgehead atoms. The Kier molecular flexibility index (Phi) is 7.68. The SMILES string of the molecule is CCCCCOC(=O)C(OC=O)C(C)C. The zero-order valence-corrected chi connectivity index (χ0v) is 9.69. The van der Waals surface area contributed by atoms with Crippen LogP contribution in [0.15, 0.2) is 0 Å². The highest BCUT2D eigenvalue weighted by atomic mass is 16.6. The van der Waals surface area contributed by atoms with Gasteiger partial charge >= 0.3 is 5.97 Å². The summed E-state index contributed by atoms with van der Waals surface area (Å²) >= 11 is 0. The summed E-state index contributed by atoms with van der Waals surface area (Å²) in [4.78, 5) is 21.6. The molecular weight excluding hydrogens is 196 g/mol. The molecule has 0 N–H and O–H groups in total. The maximum atomic E-state index is 11.4. The number of rotatable bonds is 8. The predicted octanol–water partition coefficient (Wildman–Crippen LogP) is 1.92. The Morgan fingerprint density at radius 3 is 2.47 bits per heavy atom.